The number of nitrogens with one attached hydrogen (secondary N) is 2. The summed E-state index contributed by atoms with van der Waals surface area (Å²) in [6.45, 7) is 2.93. The number of fused-ring (bicyclic) bond motifs is 2. The molecule has 4 heterocycles. The third-order valence-corrected chi connectivity index (χ3v) is 4.37. The summed E-state index contributed by atoms with van der Waals surface area (Å²) < 4.78 is 60.0. The van der Waals surface area contributed by atoms with E-state index in [-0.39, 0.29) is 29.7 Å². The summed E-state index contributed by atoms with van der Waals surface area (Å²) in [7, 11) is 0. The van der Waals surface area contributed by atoms with Crippen LogP contribution in [0.1, 0.15) is 13.8 Å². The van der Waals surface area contributed by atoms with E-state index in [2.05, 4.69) is 25.3 Å². The zero-order chi connectivity index (χ0) is 20.8. The van der Waals surface area contributed by atoms with E-state index in [0.29, 0.717) is 16.5 Å². The number of halogens is 4. The van der Waals surface area contributed by atoms with Gasteiger partial charge in [-0.3, -0.25) is 0 Å². The molecule has 0 aliphatic heterocycles. The smallest absolute Gasteiger partial charge is 0.408 e. The van der Waals surface area contributed by atoms with Crippen LogP contribution in [-0.4, -0.2) is 43.2 Å². The number of alkyl halides is 3. The maximum Gasteiger partial charge on any atom is 0.408 e. The molecule has 0 amide bonds. The zero-order valence-corrected chi connectivity index (χ0v) is 15.4. The molecule has 29 heavy (non-hydrogen) atoms. The highest BCUT2D eigenvalue weighted by Crippen LogP contribution is 2.35. The van der Waals surface area contributed by atoms with Gasteiger partial charge in [-0.2, -0.15) is 23.1 Å². The summed E-state index contributed by atoms with van der Waals surface area (Å²) in [5.74, 6) is -0.648. The van der Waals surface area contributed by atoms with E-state index in [9.17, 15) is 17.6 Å². The maximum absolute atomic E-state index is 14.4. The number of pyridine rings is 1. The van der Waals surface area contributed by atoms with Crippen molar-refractivity contribution in [2.45, 2.75) is 26.1 Å². The first-order chi connectivity index (χ1) is 13.8. The molecule has 0 aliphatic carbocycles. The van der Waals surface area contributed by atoms with E-state index < -0.39 is 18.0 Å². The van der Waals surface area contributed by atoms with Crippen LogP contribution in [0.15, 0.2) is 30.9 Å². The van der Waals surface area contributed by atoms with Crippen LogP contribution in [-0.2, 0) is 0 Å². The minimum absolute atomic E-state index is 0.0942. The molecule has 0 fully saturated rings. The van der Waals surface area contributed by atoms with Crippen molar-refractivity contribution in [2.24, 2.45) is 0 Å². The summed E-state index contributed by atoms with van der Waals surface area (Å²) in [5.41, 5.74) is 1.51. The van der Waals surface area contributed by atoms with Gasteiger partial charge < -0.3 is 19.4 Å². The van der Waals surface area contributed by atoms with Crippen molar-refractivity contribution in [2.75, 3.05) is 11.9 Å². The Labute approximate surface area is 161 Å². The van der Waals surface area contributed by atoms with Gasteiger partial charge in [0.1, 0.15) is 11.7 Å². The molecule has 11 heteroatoms. The molecule has 1 atom stereocenters. The van der Waals surface area contributed by atoms with Gasteiger partial charge in [0.2, 0.25) is 11.8 Å². The summed E-state index contributed by atoms with van der Waals surface area (Å²) in [4.78, 5) is 15.1. The van der Waals surface area contributed by atoms with Gasteiger partial charge in [0.05, 0.1) is 12.0 Å². The van der Waals surface area contributed by atoms with Gasteiger partial charge in [0.25, 0.3) is 0 Å². The molecular formula is C18H16F4N6O. The van der Waals surface area contributed by atoms with Crippen molar-refractivity contribution in [3.63, 3.8) is 0 Å². The molecule has 7 nitrogen and oxygen atoms in total. The molecule has 2 N–H and O–H groups in total. The van der Waals surface area contributed by atoms with Crippen molar-refractivity contribution < 1.29 is 22.3 Å². The Morgan fingerprint density at radius 2 is 2.10 bits per heavy atom. The largest absolute Gasteiger partial charge is 0.477 e. The molecule has 4 aromatic rings. The third-order valence-electron chi connectivity index (χ3n) is 4.37. The van der Waals surface area contributed by atoms with E-state index in [4.69, 9.17) is 4.74 Å². The summed E-state index contributed by atoms with van der Waals surface area (Å²) >= 11 is 0. The number of hydrogen-bond donors (Lipinski definition) is 2. The van der Waals surface area contributed by atoms with Gasteiger partial charge in [-0.25, -0.2) is 9.37 Å². The van der Waals surface area contributed by atoms with E-state index in [1.54, 1.807) is 25.5 Å². The molecular weight excluding hydrogens is 392 g/mol. The second-order valence-corrected chi connectivity index (χ2v) is 6.35. The minimum Gasteiger partial charge on any atom is -0.477 e. The van der Waals surface area contributed by atoms with Gasteiger partial charge in [0.15, 0.2) is 11.5 Å². The average molecular weight is 408 g/mol. The van der Waals surface area contributed by atoms with E-state index in [0.717, 1.165) is 6.92 Å². The average Bonchev–Trinajstić information content (AvgIpc) is 3.28. The highest BCUT2D eigenvalue weighted by molar-refractivity contribution is 5.97. The Morgan fingerprint density at radius 1 is 1.31 bits per heavy atom. The lowest BCUT2D eigenvalue weighted by atomic mass is 10.1. The fraction of sp³-hybridized carbons (Fsp3) is 0.278. The number of anilines is 1. The highest BCUT2D eigenvalue weighted by atomic mass is 19.4. The lowest BCUT2D eigenvalue weighted by molar-refractivity contribution is -0.138. The van der Waals surface area contributed by atoms with Crippen molar-refractivity contribution in [1.82, 2.24) is 24.3 Å². The van der Waals surface area contributed by atoms with Crippen LogP contribution in [0.4, 0.5) is 23.5 Å². The molecule has 0 spiro atoms. The van der Waals surface area contributed by atoms with Crippen LogP contribution >= 0.6 is 0 Å². The van der Waals surface area contributed by atoms with Gasteiger partial charge in [-0.15, -0.1) is 0 Å². The molecule has 0 saturated heterocycles. The van der Waals surface area contributed by atoms with Crippen molar-refractivity contribution in [3.05, 3.63) is 36.7 Å². The topological polar surface area (TPSA) is 80.1 Å². The fourth-order valence-corrected chi connectivity index (χ4v) is 2.95. The Bertz CT molecular complexity index is 1180. The van der Waals surface area contributed by atoms with Crippen LogP contribution < -0.4 is 10.1 Å². The van der Waals surface area contributed by atoms with E-state index in [1.807, 2.05) is 0 Å². The van der Waals surface area contributed by atoms with Gasteiger partial charge in [-0.05, 0) is 19.9 Å². The first-order valence-corrected chi connectivity index (χ1v) is 8.75. The molecule has 1 unspecified atom stereocenters. The standard InChI is InChI=1S/C18H16F4N6O/c1-3-29-16-13-11(10-6-12(19)15-23-4-5-28(15)8-10)7-24-14(13)26-17(27-16)25-9(2)18(20,21)22/h4-9H,3H2,1-2H3,(H2,24,25,26,27). The number of nitrogens with zero attached hydrogens (tertiary/aromatic N) is 4. The number of H-pyrrole nitrogens is 1. The number of hydrogen-bond acceptors (Lipinski definition) is 5. The predicted octanol–water partition coefficient (Wildman–Crippen LogP) is 4.17. The van der Waals surface area contributed by atoms with Crippen molar-refractivity contribution in [1.29, 1.82) is 0 Å². The highest BCUT2D eigenvalue weighted by Gasteiger charge is 2.36. The fourth-order valence-electron chi connectivity index (χ4n) is 2.95. The minimum atomic E-state index is -4.46. The Kier molecular flexibility index (Phi) is 4.52. The Morgan fingerprint density at radius 3 is 2.83 bits per heavy atom. The molecule has 0 bridgehead atoms. The van der Waals surface area contributed by atoms with Gasteiger partial charge in [-0.1, -0.05) is 0 Å². The summed E-state index contributed by atoms with van der Waals surface area (Å²) in [5, 5.41) is 2.67. The zero-order valence-electron chi connectivity index (χ0n) is 15.4. The molecule has 4 aromatic heterocycles. The lowest BCUT2D eigenvalue weighted by Gasteiger charge is -2.17. The molecule has 0 aliphatic rings. The van der Waals surface area contributed by atoms with E-state index >= 15 is 0 Å². The van der Waals surface area contributed by atoms with E-state index in [1.165, 1.54) is 16.7 Å². The second kappa shape index (κ2) is 6.90. The summed E-state index contributed by atoms with van der Waals surface area (Å²) in [6, 6.07) is -0.528. The molecule has 0 saturated carbocycles. The third kappa shape index (κ3) is 3.43. The first-order valence-electron chi connectivity index (χ1n) is 8.75. The number of imidazole rings is 1. The van der Waals surface area contributed by atoms with Crippen LogP contribution in [0.2, 0.25) is 0 Å². The van der Waals surface area contributed by atoms with Crippen LogP contribution in [0.5, 0.6) is 5.88 Å². The number of aromatic nitrogens is 5. The number of rotatable bonds is 5. The lowest BCUT2D eigenvalue weighted by Crippen LogP contribution is -2.33. The summed E-state index contributed by atoms with van der Waals surface area (Å²) in [6.07, 6.45) is 1.89. The van der Waals surface area contributed by atoms with Crippen LogP contribution in [0.25, 0.3) is 27.8 Å². The Hall–Kier alpha value is -3.37. The monoisotopic (exact) mass is 408 g/mol. The molecule has 0 radical (unpaired) electrons. The second-order valence-electron chi connectivity index (χ2n) is 6.35. The predicted molar refractivity (Wildman–Crippen MR) is 98.3 cm³/mol. The molecule has 4 rings (SSSR count). The SMILES string of the molecule is CCOc1nc(NC(C)C(F)(F)F)nc2[nH]cc(-c3cc(F)c4nccn4c3)c12. The Balaban J connectivity index is 1.84. The van der Waals surface area contributed by atoms with Crippen LogP contribution in [0.3, 0.4) is 0 Å². The maximum atomic E-state index is 14.4. The van der Waals surface area contributed by atoms with Gasteiger partial charge >= 0.3 is 6.18 Å². The molecule has 0 aromatic carbocycles. The normalized spacial score (nSPS) is 13.2. The number of aromatic amines is 1. The van der Waals surface area contributed by atoms with Crippen molar-refractivity contribution >= 4 is 22.6 Å². The van der Waals surface area contributed by atoms with Crippen LogP contribution in [0, 0.1) is 5.82 Å². The van der Waals surface area contributed by atoms with Gasteiger partial charge in [0, 0.05) is 35.9 Å². The number of ether oxygens (including phenoxy) is 1. The quantitative estimate of drug-likeness (QED) is 0.485. The van der Waals surface area contributed by atoms with Crippen molar-refractivity contribution in [3.8, 4) is 17.0 Å². The first kappa shape index (κ1) is 19.0. The molecule has 152 valence electrons.